The summed E-state index contributed by atoms with van der Waals surface area (Å²) in [7, 11) is 0. The molecule has 2 aromatic rings. The van der Waals surface area contributed by atoms with Crippen LogP contribution in [0.25, 0.3) is 0 Å². The zero-order valence-corrected chi connectivity index (χ0v) is 16.4. The van der Waals surface area contributed by atoms with Crippen molar-refractivity contribution in [2.24, 2.45) is 5.92 Å². The molecule has 0 bridgehead atoms. The first-order valence-electron chi connectivity index (χ1n) is 9.38. The molecule has 144 valence electrons. The van der Waals surface area contributed by atoms with Crippen LogP contribution in [0.15, 0.2) is 41.8 Å². The second kappa shape index (κ2) is 9.67. The fraction of sp³-hybridized carbons (Fsp3) is 0.429. The molecule has 3 rings (SSSR count). The van der Waals surface area contributed by atoms with Crippen molar-refractivity contribution < 1.29 is 14.3 Å². The lowest BCUT2D eigenvalue weighted by atomic mass is 9.97. The summed E-state index contributed by atoms with van der Waals surface area (Å²) in [5.74, 6) is 1.02. The van der Waals surface area contributed by atoms with Crippen LogP contribution in [0.4, 0.5) is 0 Å². The molecular formula is C21H26N2O3S. The molecule has 1 aromatic heterocycles. The molecule has 1 aliphatic heterocycles. The summed E-state index contributed by atoms with van der Waals surface area (Å²) in [6.45, 7) is 4.88. The highest BCUT2D eigenvalue weighted by Crippen LogP contribution is 2.29. The molecule has 1 unspecified atom stereocenters. The van der Waals surface area contributed by atoms with Gasteiger partial charge in [-0.2, -0.15) is 0 Å². The summed E-state index contributed by atoms with van der Waals surface area (Å²) in [5, 5.41) is 5.08. The number of amides is 1. The summed E-state index contributed by atoms with van der Waals surface area (Å²) in [5.41, 5.74) is 0.448. The Kier molecular flexibility index (Phi) is 7.01. The molecule has 0 radical (unpaired) electrons. The lowest BCUT2D eigenvalue weighted by Gasteiger charge is -2.36. The number of hydrogen-bond donors (Lipinski definition) is 1. The molecule has 0 spiro atoms. The maximum Gasteiger partial charge on any atom is 0.258 e. The first kappa shape index (κ1) is 19.6. The van der Waals surface area contributed by atoms with Gasteiger partial charge >= 0.3 is 0 Å². The number of para-hydroxylation sites is 1. The van der Waals surface area contributed by atoms with Gasteiger partial charge in [-0.1, -0.05) is 25.1 Å². The highest BCUT2D eigenvalue weighted by Gasteiger charge is 2.25. The van der Waals surface area contributed by atoms with E-state index >= 15 is 0 Å². The zero-order valence-electron chi connectivity index (χ0n) is 15.6. The van der Waals surface area contributed by atoms with Crippen LogP contribution in [0.3, 0.4) is 0 Å². The van der Waals surface area contributed by atoms with Crippen molar-refractivity contribution in [3.05, 3.63) is 52.2 Å². The Morgan fingerprint density at radius 3 is 2.78 bits per heavy atom. The maximum atomic E-state index is 12.3. The van der Waals surface area contributed by atoms with Gasteiger partial charge in [0.1, 0.15) is 5.75 Å². The molecule has 27 heavy (non-hydrogen) atoms. The molecule has 1 saturated heterocycles. The second-order valence-electron chi connectivity index (χ2n) is 7.00. The number of nitrogens with one attached hydrogen (secondary N) is 1. The van der Waals surface area contributed by atoms with Crippen LogP contribution < -0.4 is 10.1 Å². The van der Waals surface area contributed by atoms with Gasteiger partial charge in [-0.15, -0.1) is 11.3 Å². The number of carbonyl (C=O) groups is 2. The van der Waals surface area contributed by atoms with Crippen LogP contribution in [0.1, 0.15) is 41.0 Å². The van der Waals surface area contributed by atoms with Crippen LogP contribution in [-0.4, -0.2) is 43.3 Å². The molecule has 0 saturated carbocycles. The number of likely N-dealkylation sites (tertiary alicyclic amines) is 1. The van der Waals surface area contributed by atoms with E-state index in [0.29, 0.717) is 17.9 Å². The van der Waals surface area contributed by atoms with Gasteiger partial charge in [-0.25, -0.2) is 0 Å². The van der Waals surface area contributed by atoms with Crippen LogP contribution in [0.5, 0.6) is 5.75 Å². The number of aldehydes is 1. The quantitative estimate of drug-likeness (QED) is 0.705. The molecule has 1 fully saturated rings. The third kappa shape index (κ3) is 5.40. The Bertz CT molecular complexity index is 740. The first-order valence-corrected chi connectivity index (χ1v) is 10.3. The molecule has 5 nitrogen and oxygen atoms in total. The SMILES string of the molecule is CC1CCN(C(CNC(=O)COc2ccccc2C=O)c2cccs2)CC1. The first-order chi connectivity index (χ1) is 13.2. The molecule has 1 aromatic carbocycles. The van der Waals surface area contributed by atoms with Crippen molar-refractivity contribution in [1.29, 1.82) is 0 Å². The minimum absolute atomic E-state index is 0.0982. The molecule has 0 aliphatic carbocycles. The van der Waals surface area contributed by atoms with Gasteiger partial charge in [0.2, 0.25) is 0 Å². The van der Waals surface area contributed by atoms with Gasteiger partial charge in [-0.05, 0) is 55.4 Å². The van der Waals surface area contributed by atoms with E-state index in [4.69, 9.17) is 4.74 Å². The van der Waals surface area contributed by atoms with Crippen LogP contribution in [0, 0.1) is 5.92 Å². The third-order valence-corrected chi connectivity index (χ3v) is 6.00. The second-order valence-corrected chi connectivity index (χ2v) is 7.98. The molecule has 1 N–H and O–H groups in total. The number of hydrogen-bond acceptors (Lipinski definition) is 5. The fourth-order valence-corrected chi connectivity index (χ4v) is 4.21. The smallest absolute Gasteiger partial charge is 0.258 e. The number of carbonyl (C=O) groups excluding carboxylic acids is 2. The third-order valence-electron chi connectivity index (χ3n) is 5.03. The monoisotopic (exact) mass is 386 g/mol. The van der Waals surface area contributed by atoms with Crippen LogP contribution in [0.2, 0.25) is 0 Å². The predicted octanol–water partition coefficient (Wildman–Crippen LogP) is 3.53. The Hall–Kier alpha value is -2.18. The normalized spacial score (nSPS) is 16.6. The summed E-state index contributed by atoms with van der Waals surface area (Å²) >= 11 is 1.73. The molecule has 2 heterocycles. The Balaban J connectivity index is 1.55. The largest absolute Gasteiger partial charge is 0.483 e. The van der Waals surface area contributed by atoms with E-state index in [-0.39, 0.29) is 18.6 Å². The van der Waals surface area contributed by atoms with Crippen molar-refractivity contribution in [1.82, 2.24) is 10.2 Å². The zero-order chi connectivity index (χ0) is 19.1. The lowest BCUT2D eigenvalue weighted by molar-refractivity contribution is -0.123. The number of benzene rings is 1. The van der Waals surface area contributed by atoms with E-state index in [1.54, 1.807) is 35.6 Å². The Morgan fingerprint density at radius 2 is 2.07 bits per heavy atom. The molecule has 1 amide bonds. The number of rotatable bonds is 8. The van der Waals surface area contributed by atoms with E-state index in [1.165, 1.54) is 17.7 Å². The molecular weight excluding hydrogens is 360 g/mol. The van der Waals surface area contributed by atoms with E-state index in [1.807, 2.05) is 0 Å². The summed E-state index contributed by atoms with van der Waals surface area (Å²) in [6.07, 6.45) is 3.13. The van der Waals surface area contributed by atoms with Crippen molar-refractivity contribution in [3.8, 4) is 5.75 Å². The molecule has 1 atom stereocenters. The Labute approximate surface area is 164 Å². The average molecular weight is 387 g/mol. The van der Waals surface area contributed by atoms with Gasteiger partial charge in [0.05, 0.1) is 11.6 Å². The number of piperidine rings is 1. The fourth-order valence-electron chi connectivity index (χ4n) is 3.34. The number of ether oxygens (including phenoxy) is 1. The van der Waals surface area contributed by atoms with Crippen LogP contribution >= 0.6 is 11.3 Å². The minimum atomic E-state index is -0.178. The van der Waals surface area contributed by atoms with Crippen molar-refractivity contribution in [3.63, 3.8) is 0 Å². The van der Waals surface area contributed by atoms with Crippen molar-refractivity contribution >= 4 is 23.5 Å². The van der Waals surface area contributed by atoms with Gasteiger partial charge in [-0.3, -0.25) is 14.5 Å². The average Bonchev–Trinajstić information content (AvgIpc) is 3.22. The van der Waals surface area contributed by atoms with Crippen molar-refractivity contribution in [2.75, 3.05) is 26.2 Å². The van der Waals surface area contributed by atoms with E-state index in [0.717, 1.165) is 25.3 Å². The highest BCUT2D eigenvalue weighted by atomic mass is 32.1. The lowest BCUT2D eigenvalue weighted by Crippen LogP contribution is -2.42. The minimum Gasteiger partial charge on any atom is -0.483 e. The summed E-state index contributed by atoms with van der Waals surface area (Å²) in [6, 6.07) is 11.3. The molecule has 1 aliphatic rings. The standard InChI is InChI=1S/C21H26N2O3S/c1-16-8-10-23(11-9-16)18(20-7-4-12-27-20)13-22-21(25)15-26-19-6-3-2-5-17(19)14-24/h2-7,12,14,16,18H,8-11,13,15H2,1H3,(H,22,25). The van der Waals surface area contributed by atoms with E-state index in [9.17, 15) is 9.59 Å². The van der Waals surface area contributed by atoms with Crippen LogP contribution in [-0.2, 0) is 4.79 Å². The van der Waals surface area contributed by atoms with Crippen molar-refractivity contribution in [2.45, 2.75) is 25.8 Å². The van der Waals surface area contributed by atoms with E-state index < -0.39 is 0 Å². The summed E-state index contributed by atoms with van der Waals surface area (Å²) < 4.78 is 5.52. The topological polar surface area (TPSA) is 58.6 Å². The van der Waals surface area contributed by atoms with Gasteiger partial charge in [0, 0.05) is 11.4 Å². The molecule has 6 heteroatoms. The number of nitrogens with zero attached hydrogens (tertiary/aromatic N) is 1. The van der Waals surface area contributed by atoms with Gasteiger partial charge < -0.3 is 10.1 Å². The Morgan fingerprint density at radius 1 is 1.30 bits per heavy atom. The van der Waals surface area contributed by atoms with E-state index in [2.05, 4.69) is 34.7 Å². The van der Waals surface area contributed by atoms with Gasteiger partial charge in [0.15, 0.2) is 12.9 Å². The van der Waals surface area contributed by atoms with Gasteiger partial charge in [0.25, 0.3) is 5.91 Å². The maximum absolute atomic E-state index is 12.3. The predicted molar refractivity (Wildman–Crippen MR) is 107 cm³/mol. The highest BCUT2D eigenvalue weighted by molar-refractivity contribution is 7.10. The summed E-state index contributed by atoms with van der Waals surface area (Å²) in [4.78, 5) is 27.1. The number of thiophene rings is 1.